The van der Waals surface area contributed by atoms with Gasteiger partial charge in [0.2, 0.25) is 0 Å². The number of carbonyl (C=O) groups excluding carboxylic acids is 1. The Hall–Kier alpha value is -1.95. The summed E-state index contributed by atoms with van der Waals surface area (Å²) in [7, 11) is 0. The van der Waals surface area contributed by atoms with Crippen molar-refractivity contribution in [2.45, 2.75) is 26.8 Å². The molecule has 1 unspecified atom stereocenters. The number of nitrogens with one attached hydrogen (secondary N) is 1. The number of carboxylic acid groups (broad SMARTS) is 1. The fourth-order valence-electron chi connectivity index (χ4n) is 1.55. The van der Waals surface area contributed by atoms with Gasteiger partial charge in [-0.2, -0.15) is 0 Å². The molecular weight excluding hydrogens is 260 g/mol. The third-order valence-electron chi connectivity index (χ3n) is 2.87. The van der Waals surface area contributed by atoms with Gasteiger partial charge >= 0.3 is 5.97 Å². The highest BCUT2D eigenvalue weighted by molar-refractivity contribution is 5.95. The second kappa shape index (κ2) is 7.59. The first-order valence-electron chi connectivity index (χ1n) is 6.53. The zero-order valence-electron chi connectivity index (χ0n) is 11.9. The molecule has 0 bridgehead atoms. The van der Waals surface area contributed by atoms with Gasteiger partial charge < -0.3 is 15.2 Å². The van der Waals surface area contributed by atoms with Gasteiger partial charge in [-0.05, 0) is 25.0 Å². The van der Waals surface area contributed by atoms with Gasteiger partial charge in [0.05, 0.1) is 18.2 Å². The number of hydrogen-bond acceptors (Lipinski definition) is 4. The van der Waals surface area contributed by atoms with Gasteiger partial charge in [0.15, 0.2) is 0 Å². The van der Waals surface area contributed by atoms with Crippen LogP contribution in [-0.2, 0) is 4.74 Å². The topological polar surface area (TPSA) is 88.5 Å². The molecule has 0 spiro atoms. The molecule has 0 radical (unpaired) electrons. The molecule has 1 aromatic heterocycles. The summed E-state index contributed by atoms with van der Waals surface area (Å²) in [5, 5.41) is 11.6. The number of amides is 1. The first-order valence-corrected chi connectivity index (χ1v) is 6.53. The van der Waals surface area contributed by atoms with E-state index in [-0.39, 0.29) is 23.6 Å². The van der Waals surface area contributed by atoms with Crippen molar-refractivity contribution in [2.75, 3.05) is 13.2 Å². The summed E-state index contributed by atoms with van der Waals surface area (Å²) in [5.74, 6) is -1.17. The summed E-state index contributed by atoms with van der Waals surface area (Å²) < 4.78 is 5.34. The number of aromatic carboxylic acids is 1. The van der Waals surface area contributed by atoms with Gasteiger partial charge in [-0.1, -0.05) is 13.8 Å². The van der Waals surface area contributed by atoms with Crippen LogP contribution in [0.3, 0.4) is 0 Å². The van der Waals surface area contributed by atoms with E-state index in [1.807, 2.05) is 20.8 Å². The lowest BCUT2D eigenvalue weighted by molar-refractivity contribution is 0.0689. The lowest BCUT2D eigenvalue weighted by atomic mass is 10.0. The molecule has 1 heterocycles. The van der Waals surface area contributed by atoms with E-state index in [4.69, 9.17) is 9.84 Å². The minimum absolute atomic E-state index is 0.0868. The fourth-order valence-corrected chi connectivity index (χ4v) is 1.55. The SMILES string of the molecule is CCOCC(NC(=O)c1ccc(C(=O)O)nc1)C(C)C. The predicted octanol–water partition coefficient (Wildman–Crippen LogP) is 1.57. The lowest BCUT2D eigenvalue weighted by Gasteiger charge is -2.22. The fraction of sp³-hybridized carbons (Fsp3) is 0.500. The zero-order valence-corrected chi connectivity index (χ0v) is 11.9. The van der Waals surface area contributed by atoms with Crippen molar-refractivity contribution in [3.63, 3.8) is 0 Å². The van der Waals surface area contributed by atoms with E-state index in [0.29, 0.717) is 18.8 Å². The van der Waals surface area contributed by atoms with Crippen molar-refractivity contribution >= 4 is 11.9 Å². The molecule has 0 saturated heterocycles. The number of carbonyl (C=O) groups is 2. The van der Waals surface area contributed by atoms with Crippen LogP contribution in [-0.4, -0.2) is 41.2 Å². The quantitative estimate of drug-likeness (QED) is 0.791. The molecule has 1 aromatic rings. The first-order chi connectivity index (χ1) is 9.45. The Morgan fingerprint density at radius 2 is 2.10 bits per heavy atom. The van der Waals surface area contributed by atoms with Crippen LogP contribution >= 0.6 is 0 Å². The van der Waals surface area contributed by atoms with Crippen LogP contribution in [0, 0.1) is 5.92 Å². The molecule has 20 heavy (non-hydrogen) atoms. The Kier molecular flexibility index (Phi) is 6.11. The van der Waals surface area contributed by atoms with Crippen LogP contribution in [0.2, 0.25) is 0 Å². The van der Waals surface area contributed by atoms with Crippen LogP contribution in [0.1, 0.15) is 41.6 Å². The molecule has 0 aliphatic heterocycles. The highest BCUT2D eigenvalue weighted by Gasteiger charge is 2.17. The molecule has 0 aliphatic rings. The normalized spacial score (nSPS) is 12.2. The molecule has 0 saturated carbocycles. The number of nitrogens with zero attached hydrogens (tertiary/aromatic N) is 1. The second-order valence-corrected chi connectivity index (χ2v) is 4.72. The summed E-state index contributed by atoms with van der Waals surface area (Å²) in [6, 6.07) is 2.66. The van der Waals surface area contributed by atoms with Gasteiger partial charge in [-0.25, -0.2) is 9.78 Å². The summed E-state index contributed by atoms with van der Waals surface area (Å²) in [6.07, 6.45) is 1.26. The maximum atomic E-state index is 12.0. The van der Waals surface area contributed by atoms with E-state index < -0.39 is 5.97 Å². The Morgan fingerprint density at radius 3 is 2.55 bits per heavy atom. The molecule has 1 amide bonds. The van der Waals surface area contributed by atoms with E-state index in [1.165, 1.54) is 18.3 Å². The minimum atomic E-state index is -1.12. The van der Waals surface area contributed by atoms with Crippen LogP contribution in [0.5, 0.6) is 0 Å². The number of hydrogen-bond donors (Lipinski definition) is 2. The van der Waals surface area contributed by atoms with E-state index in [2.05, 4.69) is 10.3 Å². The molecule has 110 valence electrons. The average molecular weight is 280 g/mol. The minimum Gasteiger partial charge on any atom is -0.477 e. The standard InChI is InChI=1S/C14H20N2O4/c1-4-20-8-12(9(2)3)16-13(17)10-5-6-11(14(18)19)15-7-10/h5-7,9,12H,4,8H2,1-3H3,(H,16,17)(H,18,19). The maximum Gasteiger partial charge on any atom is 0.354 e. The zero-order chi connectivity index (χ0) is 15.1. The van der Waals surface area contributed by atoms with Crippen LogP contribution in [0.15, 0.2) is 18.3 Å². The van der Waals surface area contributed by atoms with Crippen molar-refractivity contribution in [2.24, 2.45) is 5.92 Å². The van der Waals surface area contributed by atoms with E-state index in [9.17, 15) is 9.59 Å². The number of rotatable bonds is 7. The van der Waals surface area contributed by atoms with Crippen molar-refractivity contribution in [3.05, 3.63) is 29.6 Å². The molecular formula is C14H20N2O4. The van der Waals surface area contributed by atoms with E-state index in [0.717, 1.165) is 0 Å². The molecule has 0 aliphatic carbocycles. The van der Waals surface area contributed by atoms with Gasteiger partial charge in [0.1, 0.15) is 5.69 Å². The summed E-state index contributed by atoms with van der Waals surface area (Å²) >= 11 is 0. The molecule has 0 fully saturated rings. The monoisotopic (exact) mass is 280 g/mol. The van der Waals surface area contributed by atoms with E-state index in [1.54, 1.807) is 0 Å². The number of carboxylic acids is 1. The number of aromatic nitrogens is 1. The molecule has 1 atom stereocenters. The third kappa shape index (κ3) is 4.62. The lowest BCUT2D eigenvalue weighted by Crippen LogP contribution is -2.42. The first kappa shape index (κ1) is 16.1. The van der Waals surface area contributed by atoms with Crippen molar-refractivity contribution < 1.29 is 19.4 Å². The average Bonchev–Trinajstić information content (AvgIpc) is 2.42. The summed E-state index contributed by atoms with van der Waals surface area (Å²) in [4.78, 5) is 26.5. The molecule has 1 rings (SSSR count). The highest BCUT2D eigenvalue weighted by Crippen LogP contribution is 2.06. The van der Waals surface area contributed by atoms with Crippen molar-refractivity contribution in [3.8, 4) is 0 Å². The summed E-state index contributed by atoms with van der Waals surface area (Å²) in [5.41, 5.74) is 0.244. The second-order valence-electron chi connectivity index (χ2n) is 4.72. The Balaban J connectivity index is 2.70. The predicted molar refractivity (Wildman–Crippen MR) is 73.8 cm³/mol. The van der Waals surface area contributed by atoms with Gasteiger partial charge in [-0.3, -0.25) is 4.79 Å². The van der Waals surface area contributed by atoms with E-state index >= 15 is 0 Å². The molecule has 6 heteroatoms. The maximum absolute atomic E-state index is 12.0. The summed E-state index contributed by atoms with van der Waals surface area (Å²) in [6.45, 7) is 6.92. The van der Waals surface area contributed by atoms with Crippen LogP contribution in [0.4, 0.5) is 0 Å². The molecule has 2 N–H and O–H groups in total. The van der Waals surface area contributed by atoms with Crippen LogP contribution < -0.4 is 5.32 Å². The van der Waals surface area contributed by atoms with Gasteiger partial charge in [-0.15, -0.1) is 0 Å². The number of ether oxygens (including phenoxy) is 1. The Labute approximate surface area is 118 Å². The van der Waals surface area contributed by atoms with Crippen molar-refractivity contribution in [1.29, 1.82) is 0 Å². The smallest absolute Gasteiger partial charge is 0.354 e. The van der Waals surface area contributed by atoms with Gasteiger partial charge in [0.25, 0.3) is 5.91 Å². The van der Waals surface area contributed by atoms with Crippen molar-refractivity contribution in [1.82, 2.24) is 10.3 Å². The Bertz CT molecular complexity index is 457. The highest BCUT2D eigenvalue weighted by atomic mass is 16.5. The third-order valence-corrected chi connectivity index (χ3v) is 2.87. The van der Waals surface area contributed by atoms with Gasteiger partial charge in [0, 0.05) is 12.8 Å². The molecule has 0 aromatic carbocycles. The number of pyridine rings is 1. The largest absolute Gasteiger partial charge is 0.477 e. The Morgan fingerprint density at radius 1 is 1.40 bits per heavy atom. The van der Waals surface area contributed by atoms with Crippen LogP contribution in [0.25, 0.3) is 0 Å². The molecule has 6 nitrogen and oxygen atoms in total.